The minimum atomic E-state index is -4.47. The predicted molar refractivity (Wildman–Crippen MR) is 54.9 cm³/mol. The topological polar surface area (TPSA) is 26.3 Å². The van der Waals surface area contributed by atoms with Crippen molar-refractivity contribution in [1.29, 1.82) is 0 Å². The van der Waals surface area contributed by atoms with E-state index >= 15 is 0 Å². The molecule has 0 unspecified atom stereocenters. The van der Waals surface area contributed by atoms with Crippen LogP contribution in [-0.4, -0.2) is 13.1 Å². The van der Waals surface area contributed by atoms with Crippen molar-refractivity contribution in [2.45, 2.75) is 12.6 Å². The van der Waals surface area contributed by atoms with Crippen molar-refractivity contribution >= 4 is 21.9 Å². The van der Waals surface area contributed by atoms with Gasteiger partial charge >= 0.3 is 12.1 Å². The summed E-state index contributed by atoms with van der Waals surface area (Å²) in [6, 6.07) is 3.48. The number of carbonyl (C=O) groups is 1. The molecule has 0 N–H and O–H groups in total. The monoisotopic (exact) mass is 296 g/mol. The number of benzene rings is 1. The fraction of sp³-hybridized carbons (Fsp3) is 0.300. The van der Waals surface area contributed by atoms with Gasteiger partial charge in [0.1, 0.15) is 0 Å². The van der Waals surface area contributed by atoms with E-state index in [1.807, 2.05) is 0 Å². The van der Waals surface area contributed by atoms with Crippen LogP contribution in [0.3, 0.4) is 0 Å². The molecule has 0 radical (unpaired) electrons. The van der Waals surface area contributed by atoms with E-state index in [1.54, 1.807) is 0 Å². The van der Waals surface area contributed by atoms with Crippen LogP contribution in [0.4, 0.5) is 13.2 Å². The molecule has 1 aromatic carbocycles. The molecule has 0 amide bonds. The van der Waals surface area contributed by atoms with Crippen LogP contribution < -0.4 is 0 Å². The molecule has 2 nitrogen and oxygen atoms in total. The van der Waals surface area contributed by atoms with E-state index in [0.717, 1.165) is 13.2 Å². The first-order chi connectivity index (χ1) is 7.34. The number of carbonyl (C=O) groups excluding carboxylic acids is 1. The van der Waals surface area contributed by atoms with Crippen LogP contribution in [0, 0.1) is 0 Å². The molecule has 6 heteroatoms. The first-order valence-electron chi connectivity index (χ1n) is 4.27. The molecule has 88 valence electrons. The summed E-state index contributed by atoms with van der Waals surface area (Å²) in [5.74, 6) is -0.705. The Morgan fingerprint density at radius 3 is 2.56 bits per heavy atom. The molecule has 0 saturated carbocycles. The Morgan fingerprint density at radius 2 is 2.06 bits per heavy atom. The fourth-order valence-electron chi connectivity index (χ4n) is 1.21. The summed E-state index contributed by atoms with van der Waals surface area (Å²) >= 11 is 3.06. The van der Waals surface area contributed by atoms with Crippen molar-refractivity contribution in [3.63, 3.8) is 0 Å². The van der Waals surface area contributed by atoms with Crippen LogP contribution in [0.2, 0.25) is 0 Å². The summed E-state index contributed by atoms with van der Waals surface area (Å²) in [7, 11) is 1.13. The molecule has 0 bridgehead atoms. The standard InChI is InChI=1S/C10H8BrF3O2/c1-16-9(15)5-6-4-7(11)2-3-8(6)10(12,13)14/h2-4H,5H2,1H3. The van der Waals surface area contributed by atoms with Crippen molar-refractivity contribution in [3.8, 4) is 0 Å². The zero-order chi connectivity index (χ0) is 12.3. The van der Waals surface area contributed by atoms with E-state index in [2.05, 4.69) is 20.7 Å². The number of hydrogen-bond donors (Lipinski definition) is 0. The highest BCUT2D eigenvalue weighted by atomic mass is 79.9. The highest BCUT2D eigenvalue weighted by Gasteiger charge is 2.33. The fourth-order valence-corrected chi connectivity index (χ4v) is 1.62. The molecular weight excluding hydrogens is 289 g/mol. The third-order valence-corrected chi connectivity index (χ3v) is 2.43. The number of rotatable bonds is 2. The summed E-state index contributed by atoms with van der Waals surface area (Å²) in [5.41, 5.74) is -0.921. The van der Waals surface area contributed by atoms with Crippen molar-refractivity contribution in [2.24, 2.45) is 0 Å². The van der Waals surface area contributed by atoms with E-state index in [1.165, 1.54) is 12.1 Å². The summed E-state index contributed by atoms with van der Waals surface area (Å²) in [6.07, 6.45) is -4.87. The Labute approximate surface area is 98.5 Å². The van der Waals surface area contributed by atoms with Crippen LogP contribution in [0.25, 0.3) is 0 Å². The Hall–Kier alpha value is -1.04. The Bertz CT molecular complexity index is 402. The van der Waals surface area contributed by atoms with Gasteiger partial charge in [0.2, 0.25) is 0 Å². The van der Waals surface area contributed by atoms with Gasteiger partial charge in [-0.25, -0.2) is 0 Å². The number of ether oxygens (including phenoxy) is 1. The summed E-state index contributed by atoms with van der Waals surface area (Å²) in [6.45, 7) is 0. The first-order valence-corrected chi connectivity index (χ1v) is 5.06. The molecule has 0 atom stereocenters. The lowest BCUT2D eigenvalue weighted by Gasteiger charge is -2.12. The maximum Gasteiger partial charge on any atom is 0.416 e. The molecule has 0 fully saturated rings. The molecule has 1 aromatic rings. The van der Waals surface area contributed by atoms with Gasteiger partial charge in [0.25, 0.3) is 0 Å². The van der Waals surface area contributed by atoms with Gasteiger partial charge in [-0.15, -0.1) is 0 Å². The minimum absolute atomic E-state index is 0.103. The van der Waals surface area contributed by atoms with E-state index in [0.29, 0.717) is 4.47 Å². The average Bonchev–Trinajstić information content (AvgIpc) is 2.15. The summed E-state index contributed by atoms with van der Waals surface area (Å²) < 4.78 is 42.5. The van der Waals surface area contributed by atoms with Crippen molar-refractivity contribution in [2.75, 3.05) is 7.11 Å². The SMILES string of the molecule is COC(=O)Cc1cc(Br)ccc1C(F)(F)F. The van der Waals surface area contributed by atoms with Gasteiger partial charge < -0.3 is 4.74 Å². The number of esters is 1. The number of hydrogen-bond acceptors (Lipinski definition) is 2. The molecule has 0 aliphatic carbocycles. The molecule has 1 rings (SSSR count). The Balaban J connectivity index is 3.13. The van der Waals surface area contributed by atoms with Crippen LogP contribution in [-0.2, 0) is 22.1 Å². The molecule has 0 saturated heterocycles. The van der Waals surface area contributed by atoms with Gasteiger partial charge in [0, 0.05) is 4.47 Å². The van der Waals surface area contributed by atoms with Crippen LogP contribution in [0.1, 0.15) is 11.1 Å². The maximum absolute atomic E-state index is 12.6. The van der Waals surface area contributed by atoms with Crippen molar-refractivity contribution < 1.29 is 22.7 Å². The van der Waals surface area contributed by atoms with E-state index in [4.69, 9.17) is 0 Å². The second-order valence-electron chi connectivity index (χ2n) is 3.05. The van der Waals surface area contributed by atoms with E-state index < -0.39 is 24.1 Å². The normalized spacial score (nSPS) is 11.3. The van der Waals surface area contributed by atoms with Gasteiger partial charge in [-0.05, 0) is 23.8 Å². The first kappa shape index (κ1) is 13.0. The van der Waals surface area contributed by atoms with Crippen molar-refractivity contribution in [1.82, 2.24) is 0 Å². The molecule has 0 aliphatic heterocycles. The van der Waals surface area contributed by atoms with Gasteiger partial charge in [-0.1, -0.05) is 15.9 Å². The maximum atomic E-state index is 12.6. The number of methoxy groups -OCH3 is 1. The van der Waals surface area contributed by atoms with E-state index in [-0.39, 0.29) is 5.56 Å². The predicted octanol–water partition coefficient (Wildman–Crippen LogP) is 3.18. The van der Waals surface area contributed by atoms with Gasteiger partial charge in [-0.3, -0.25) is 4.79 Å². The second kappa shape index (κ2) is 4.86. The number of halogens is 4. The molecule has 0 spiro atoms. The molecule has 0 heterocycles. The number of alkyl halides is 3. The van der Waals surface area contributed by atoms with Gasteiger partial charge in [0.15, 0.2) is 0 Å². The largest absolute Gasteiger partial charge is 0.469 e. The zero-order valence-electron chi connectivity index (χ0n) is 8.27. The zero-order valence-corrected chi connectivity index (χ0v) is 9.85. The lowest BCUT2D eigenvalue weighted by molar-refractivity contribution is -0.141. The third kappa shape index (κ3) is 3.23. The highest BCUT2D eigenvalue weighted by molar-refractivity contribution is 9.10. The lowest BCUT2D eigenvalue weighted by atomic mass is 10.0. The lowest BCUT2D eigenvalue weighted by Crippen LogP contribution is -2.13. The average molecular weight is 297 g/mol. The van der Waals surface area contributed by atoms with Crippen LogP contribution in [0.5, 0.6) is 0 Å². The Kier molecular flexibility index (Phi) is 3.96. The van der Waals surface area contributed by atoms with E-state index in [9.17, 15) is 18.0 Å². The molecule has 0 aromatic heterocycles. The smallest absolute Gasteiger partial charge is 0.416 e. The van der Waals surface area contributed by atoms with Crippen LogP contribution in [0.15, 0.2) is 22.7 Å². The quantitative estimate of drug-likeness (QED) is 0.784. The Morgan fingerprint density at radius 1 is 1.44 bits per heavy atom. The highest BCUT2D eigenvalue weighted by Crippen LogP contribution is 2.33. The molecule has 16 heavy (non-hydrogen) atoms. The molecular formula is C10H8BrF3O2. The van der Waals surface area contributed by atoms with Gasteiger partial charge in [-0.2, -0.15) is 13.2 Å². The van der Waals surface area contributed by atoms with Crippen LogP contribution >= 0.6 is 15.9 Å². The van der Waals surface area contributed by atoms with Gasteiger partial charge in [0.05, 0.1) is 19.1 Å². The third-order valence-electron chi connectivity index (χ3n) is 1.94. The summed E-state index contributed by atoms with van der Waals surface area (Å²) in [4.78, 5) is 11.0. The summed E-state index contributed by atoms with van der Waals surface area (Å²) in [5, 5.41) is 0. The minimum Gasteiger partial charge on any atom is -0.469 e. The second-order valence-corrected chi connectivity index (χ2v) is 3.97. The van der Waals surface area contributed by atoms with Crippen molar-refractivity contribution in [3.05, 3.63) is 33.8 Å². The molecule has 0 aliphatic rings.